The van der Waals surface area contributed by atoms with Crippen molar-refractivity contribution in [3.05, 3.63) is 47.1 Å². The highest BCUT2D eigenvalue weighted by atomic mass is 35.5. The summed E-state index contributed by atoms with van der Waals surface area (Å²) in [5.41, 5.74) is 0.774. The van der Waals surface area contributed by atoms with Gasteiger partial charge in [0.2, 0.25) is 17.6 Å². The van der Waals surface area contributed by atoms with Crippen LogP contribution in [-0.2, 0) is 17.9 Å². The lowest BCUT2D eigenvalue weighted by Crippen LogP contribution is -2.28. The van der Waals surface area contributed by atoms with E-state index in [9.17, 15) is 4.79 Å². The van der Waals surface area contributed by atoms with Gasteiger partial charge in [-0.1, -0.05) is 11.6 Å². The van der Waals surface area contributed by atoms with Crippen molar-refractivity contribution in [3.8, 4) is 11.4 Å². The Balaban J connectivity index is 1.58. The maximum atomic E-state index is 11.9. The second-order valence-electron chi connectivity index (χ2n) is 4.79. The first-order valence-corrected chi connectivity index (χ1v) is 7.20. The fraction of sp³-hybridized carbons (Fsp3) is 0.214. The summed E-state index contributed by atoms with van der Waals surface area (Å²) in [4.78, 5) is 17.1. The van der Waals surface area contributed by atoms with E-state index in [-0.39, 0.29) is 19.0 Å². The number of nitrogens with one attached hydrogen (secondary N) is 1. The number of carbonyl (C=O) groups excluding carboxylic acids is 1. The van der Waals surface area contributed by atoms with Crippen LogP contribution in [0, 0.1) is 6.92 Å². The van der Waals surface area contributed by atoms with Crippen LogP contribution >= 0.6 is 11.6 Å². The van der Waals surface area contributed by atoms with E-state index in [0.717, 1.165) is 5.56 Å². The molecule has 9 heteroatoms. The average molecular weight is 333 g/mol. The summed E-state index contributed by atoms with van der Waals surface area (Å²) in [5.74, 6) is 1.31. The summed E-state index contributed by atoms with van der Waals surface area (Å²) < 4.78 is 5.27. The first-order chi connectivity index (χ1) is 11.1. The van der Waals surface area contributed by atoms with Gasteiger partial charge in [-0.3, -0.25) is 4.79 Å². The van der Waals surface area contributed by atoms with Crippen LogP contribution in [0.15, 0.2) is 34.9 Å². The zero-order valence-electron chi connectivity index (χ0n) is 12.2. The van der Waals surface area contributed by atoms with Crippen LogP contribution in [-0.4, -0.2) is 31.1 Å². The smallest absolute Gasteiger partial charge is 0.244 e. The predicted octanol–water partition coefficient (Wildman–Crippen LogP) is 1.61. The van der Waals surface area contributed by atoms with Crippen LogP contribution in [0.25, 0.3) is 11.4 Å². The molecule has 2 heterocycles. The predicted molar refractivity (Wildman–Crippen MR) is 81.3 cm³/mol. The first kappa shape index (κ1) is 15.2. The van der Waals surface area contributed by atoms with Crippen LogP contribution < -0.4 is 5.32 Å². The SMILES string of the molecule is Cc1cnc(CNC(=O)Cn2nnc(-c3ccc(Cl)cc3)n2)o1. The molecule has 118 valence electrons. The monoisotopic (exact) mass is 332 g/mol. The van der Waals surface area contributed by atoms with Crippen molar-refractivity contribution < 1.29 is 9.21 Å². The number of tetrazole rings is 1. The van der Waals surface area contributed by atoms with E-state index in [1.54, 1.807) is 37.4 Å². The van der Waals surface area contributed by atoms with Gasteiger partial charge in [-0.25, -0.2) is 4.98 Å². The molecule has 0 bridgehead atoms. The number of hydrogen-bond donors (Lipinski definition) is 1. The molecule has 1 aromatic carbocycles. The molecule has 0 aliphatic rings. The minimum atomic E-state index is -0.263. The maximum Gasteiger partial charge on any atom is 0.244 e. The topological polar surface area (TPSA) is 98.7 Å². The summed E-state index contributed by atoms with van der Waals surface area (Å²) in [7, 11) is 0. The number of carbonyl (C=O) groups is 1. The normalized spacial score (nSPS) is 10.7. The Hall–Kier alpha value is -2.74. The Bertz CT molecular complexity index is 811. The van der Waals surface area contributed by atoms with Crippen LogP contribution in [0.2, 0.25) is 5.02 Å². The van der Waals surface area contributed by atoms with Gasteiger partial charge in [0.05, 0.1) is 12.7 Å². The first-order valence-electron chi connectivity index (χ1n) is 6.82. The third-order valence-electron chi connectivity index (χ3n) is 2.95. The van der Waals surface area contributed by atoms with E-state index in [0.29, 0.717) is 22.5 Å². The van der Waals surface area contributed by atoms with Crippen molar-refractivity contribution in [2.75, 3.05) is 0 Å². The largest absolute Gasteiger partial charge is 0.444 e. The number of rotatable bonds is 5. The van der Waals surface area contributed by atoms with Crippen molar-refractivity contribution >= 4 is 17.5 Å². The van der Waals surface area contributed by atoms with Gasteiger partial charge in [-0.2, -0.15) is 4.80 Å². The summed E-state index contributed by atoms with van der Waals surface area (Å²) in [5, 5.41) is 15.2. The molecule has 0 fully saturated rings. The molecule has 8 nitrogen and oxygen atoms in total. The van der Waals surface area contributed by atoms with Gasteiger partial charge in [-0.05, 0) is 36.4 Å². The number of hydrogen-bond acceptors (Lipinski definition) is 6. The molecule has 0 spiro atoms. The quantitative estimate of drug-likeness (QED) is 0.762. The molecule has 1 N–H and O–H groups in total. The fourth-order valence-corrected chi connectivity index (χ4v) is 1.99. The number of aryl methyl sites for hydroxylation is 1. The lowest BCUT2D eigenvalue weighted by molar-refractivity contribution is -0.122. The third-order valence-corrected chi connectivity index (χ3v) is 3.20. The number of nitrogens with zero attached hydrogens (tertiary/aromatic N) is 5. The molecule has 0 saturated carbocycles. The van der Waals surface area contributed by atoms with Crippen molar-refractivity contribution in [3.63, 3.8) is 0 Å². The van der Waals surface area contributed by atoms with Crippen molar-refractivity contribution in [1.29, 1.82) is 0 Å². The van der Waals surface area contributed by atoms with Gasteiger partial charge in [-0.15, -0.1) is 10.2 Å². The van der Waals surface area contributed by atoms with E-state index in [1.807, 2.05) is 0 Å². The molecule has 0 radical (unpaired) electrons. The van der Waals surface area contributed by atoms with Gasteiger partial charge >= 0.3 is 0 Å². The lowest BCUT2D eigenvalue weighted by Gasteiger charge is -2.01. The van der Waals surface area contributed by atoms with Crippen LogP contribution in [0.3, 0.4) is 0 Å². The minimum absolute atomic E-state index is 0.0414. The zero-order valence-corrected chi connectivity index (χ0v) is 13.0. The summed E-state index contributed by atoms with van der Waals surface area (Å²) >= 11 is 5.83. The molecule has 0 saturated heterocycles. The molecule has 23 heavy (non-hydrogen) atoms. The Morgan fingerprint density at radius 1 is 1.35 bits per heavy atom. The molecule has 3 rings (SSSR count). The molecule has 0 aliphatic heterocycles. The Kier molecular flexibility index (Phi) is 4.33. The standard InChI is InChI=1S/C14H13ClN6O2/c1-9-6-17-13(23-9)7-16-12(22)8-21-19-14(18-20-21)10-2-4-11(15)5-3-10/h2-6H,7-8H2,1H3,(H,16,22). The van der Waals surface area contributed by atoms with Gasteiger partial charge in [0.25, 0.3) is 0 Å². The van der Waals surface area contributed by atoms with Gasteiger partial charge < -0.3 is 9.73 Å². The molecule has 2 aromatic heterocycles. The summed E-state index contributed by atoms with van der Waals surface area (Å²) in [6.45, 7) is 1.96. The van der Waals surface area contributed by atoms with Crippen molar-refractivity contribution in [2.24, 2.45) is 0 Å². The number of benzene rings is 1. The third kappa shape index (κ3) is 3.92. The van der Waals surface area contributed by atoms with Gasteiger partial charge in [0.1, 0.15) is 12.3 Å². The number of aromatic nitrogens is 5. The van der Waals surface area contributed by atoms with Crippen LogP contribution in [0.4, 0.5) is 0 Å². The number of halogens is 1. The fourth-order valence-electron chi connectivity index (χ4n) is 1.87. The highest BCUT2D eigenvalue weighted by molar-refractivity contribution is 6.30. The second kappa shape index (κ2) is 6.57. The van der Waals surface area contributed by atoms with Crippen molar-refractivity contribution in [2.45, 2.75) is 20.0 Å². The zero-order chi connectivity index (χ0) is 16.2. The Labute approximate surface area is 136 Å². The minimum Gasteiger partial charge on any atom is -0.444 e. The number of oxazole rings is 1. The van der Waals surface area contributed by atoms with Crippen LogP contribution in [0.5, 0.6) is 0 Å². The van der Waals surface area contributed by atoms with E-state index in [4.69, 9.17) is 16.0 Å². The van der Waals surface area contributed by atoms with Crippen molar-refractivity contribution in [1.82, 2.24) is 30.5 Å². The van der Waals surface area contributed by atoms with E-state index in [2.05, 4.69) is 25.7 Å². The maximum absolute atomic E-state index is 11.9. The molecular formula is C14H13ClN6O2. The molecule has 1 amide bonds. The molecule has 0 atom stereocenters. The molecule has 0 aliphatic carbocycles. The molecule has 3 aromatic rings. The summed E-state index contributed by atoms with van der Waals surface area (Å²) in [6, 6.07) is 7.05. The van der Waals surface area contributed by atoms with E-state index < -0.39 is 0 Å². The van der Waals surface area contributed by atoms with Gasteiger partial charge in [0.15, 0.2) is 0 Å². The summed E-state index contributed by atoms with van der Waals surface area (Å²) in [6.07, 6.45) is 1.60. The number of amides is 1. The Morgan fingerprint density at radius 3 is 2.83 bits per heavy atom. The lowest BCUT2D eigenvalue weighted by atomic mass is 10.2. The highest BCUT2D eigenvalue weighted by Gasteiger charge is 2.10. The van der Waals surface area contributed by atoms with Crippen LogP contribution in [0.1, 0.15) is 11.7 Å². The Morgan fingerprint density at radius 2 is 2.13 bits per heavy atom. The van der Waals surface area contributed by atoms with Gasteiger partial charge in [0, 0.05) is 10.6 Å². The van der Waals surface area contributed by atoms with E-state index in [1.165, 1.54) is 4.80 Å². The second-order valence-corrected chi connectivity index (χ2v) is 5.23. The molecule has 0 unspecified atom stereocenters. The average Bonchev–Trinajstić information content (AvgIpc) is 3.15. The highest BCUT2D eigenvalue weighted by Crippen LogP contribution is 2.16. The molecular weight excluding hydrogens is 320 g/mol. The van der Waals surface area contributed by atoms with E-state index >= 15 is 0 Å².